The fraction of sp³-hybridized carbons (Fsp3) is 0. The van der Waals surface area contributed by atoms with Crippen molar-refractivity contribution >= 4 is 17.9 Å². The summed E-state index contributed by atoms with van der Waals surface area (Å²) in [5.41, 5.74) is 2.31. The van der Waals surface area contributed by atoms with Crippen molar-refractivity contribution in [1.29, 1.82) is 0 Å². The molecule has 0 spiro atoms. The number of carboxylic acid groups (broad SMARTS) is 3. The maximum atomic E-state index is 10.7. The molecule has 0 aliphatic carbocycles. The van der Waals surface area contributed by atoms with E-state index >= 15 is 0 Å². The van der Waals surface area contributed by atoms with Crippen molar-refractivity contribution in [1.82, 2.24) is 0 Å². The van der Waals surface area contributed by atoms with E-state index in [4.69, 9.17) is 20.4 Å². The second-order valence-corrected chi connectivity index (χ2v) is 5.62. The number of hydrogen-bond donors (Lipinski definition) is 4. The molecular formula is C21H16O7. The van der Waals surface area contributed by atoms with Gasteiger partial charge in [-0.15, -0.1) is 0 Å². The number of benzene rings is 3. The van der Waals surface area contributed by atoms with Crippen LogP contribution in [0.3, 0.4) is 0 Å². The summed E-state index contributed by atoms with van der Waals surface area (Å²) in [6.45, 7) is 0. The lowest BCUT2D eigenvalue weighted by Gasteiger charge is -2.03. The molecule has 0 unspecified atom stereocenters. The summed E-state index contributed by atoms with van der Waals surface area (Å²) in [7, 11) is 0. The molecule has 0 amide bonds. The van der Waals surface area contributed by atoms with Crippen molar-refractivity contribution in [3.05, 3.63) is 89.5 Å². The van der Waals surface area contributed by atoms with Crippen molar-refractivity contribution in [2.24, 2.45) is 0 Å². The van der Waals surface area contributed by atoms with Crippen LogP contribution in [-0.2, 0) is 0 Å². The quantitative estimate of drug-likeness (QED) is 0.540. The summed E-state index contributed by atoms with van der Waals surface area (Å²) >= 11 is 0. The predicted octanol–water partition coefficient (Wildman–Crippen LogP) is 3.84. The third-order valence-corrected chi connectivity index (χ3v) is 3.71. The number of phenolic OH excluding ortho intramolecular Hbond substituents is 1. The number of hydrogen-bond acceptors (Lipinski definition) is 4. The Morgan fingerprint density at radius 3 is 0.964 bits per heavy atom. The molecule has 0 bridgehead atoms. The first-order chi connectivity index (χ1) is 13.3. The average molecular weight is 380 g/mol. The van der Waals surface area contributed by atoms with Crippen LogP contribution in [0.2, 0.25) is 0 Å². The lowest BCUT2D eigenvalue weighted by Crippen LogP contribution is -1.96. The van der Waals surface area contributed by atoms with Crippen molar-refractivity contribution in [3.63, 3.8) is 0 Å². The minimum Gasteiger partial charge on any atom is -0.508 e. The molecule has 0 aliphatic heterocycles. The minimum absolute atomic E-state index is 0.0741. The van der Waals surface area contributed by atoms with E-state index in [1.54, 1.807) is 24.3 Å². The Bertz CT molecular complexity index is 917. The Hall–Kier alpha value is -4.13. The lowest BCUT2D eigenvalue weighted by atomic mass is 10.0. The third-order valence-electron chi connectivity index (χ3n) is 3.71. The molecule has 3 aromatic rings. The van der Waals surface area contributed by atoms with Crippen LogP contribution in [0, 0.1) is 0 Å². The zero-order valence-electron chi connectivity index (χ0n) is 14.4. The van der Waals surface area contributed by atoms with Gasteiger partial charge in [-0.2, -0.15) is 0 Å². The fourth-order valence-electron chi connectivity index (χ4n) is 2.21. The molecule has 0 aliphatic rings. The van der Waals surface area contributed by atoms with Gasteiger partial charge in [-0.25, -0.2) is 14.4 Å². The Balaban J connectivity index is 0.000000237. The SMILES string of the molecule is O=C(O)c1ccc(-c2ccc(C(=O)O)cc2)cc1.O=C(O)c1ccc(O)cc1. The second kappa shape index (κ2) is 9.00. The molecule has 4 N–H and O–H groups in total. The Morgan fingerprint density at radius 2 is 0.714 bits per heavy atom. The summed E-state index contributed by atoms with van der Waals surface area (Å²) in [4.78, 5) is 31.6. The highest BCUT2D eigenvalue weighted by Crippen LogP contribution is 2.20. The Labute approximate surface area is 159 Å². The zero-order chi connectivity index (χ0) is 20.7. The Morgan fingerprint density at radius 1 is 0.464 bits per heavy atom. The summed E-state index contributed by atoms with van der Waals surface area (Å²) in [5, 5.41) is 34.7. The highest BCUT2D eigenvalue weighted by Gasteiger charge is 2.05. The first-order valence-corrected chi connectivity index (χ1v) is 7.97. The van der Waals surface area contributed by atoms with Crippen molar-refractivity contribution in [3.8, 4) is 16.9 Å². The molecule has 0 fully saturated rings. The van der Waals surface area contributed by atoms with Gasteiger partial charge < -0.3 is 20.4 Å². The lowest BCUT2D eigenvalue weighted by molar-refractivity contribution is 0.0686. The molecule has 3 aromatic carbocycles. The zero-order valence-corrected chi connectivity index (χ0v) is 14.4. The van der Waals surface area contributed by atoms with E-state index in [1.807, 2.05) is 0 Å². The van der Waals surface area contributed by atoms with E-state index in [0.717, 1.165) is 11.1 Å². The summed E-state index contributed by atoms with van der Waals surface area (Å²) in [5.74, 6) is -2.85. The maximum absolute atomic E-state index is 10.7. The average Bonchev–Trinajstić information content (AvgIpc) is 2.69. The largest absolute Gasteiger partial charge is 0.508 e. The van der Waals surface area contributed by atoms with E-state index in [2.05, 4.69) is 0 Å². The number of carbonyl (C=O) groups is 3. The second-order valence-electron chi connectivity index (χ2n) is 5.62. The van der Waals surface area contributed by atoms with Crippen LogP contribution in [0.15, 0.2) is 72.8 Å². The van der Waals surface area contributed by atoms with Gasteiger partial charge in [0.05, 0.1) is 16.7 Å². The molecule has 0 saturated heterocycles. The standard InChI is InChI=1S/C14H10O4.C7H6O3/c15-13(16)11-5-1-9(2-6-11)10-3-7-12(8-4-10)14(17)18;8-6-3-1-5(2-4-6)7(9)10/h1-8H,(H,15,16)(H,17,18);1-4,8H,(H,9,10). The summed E-state index contributed by atoms with van der Waals surface area (Å²) in [6.07, 6.45) is 0. The van der Waals surface area contributed by atoms with Gasteiger partial charge in [0.25, 0.3) is 0 Å². The first-order valence-electron chi connectivity index (χ1n) is 7.97. The van der Waals surface area contributed by atoms with Gasteiger partial charge in [0.2, 0.25) is 0 Å². The van der Waals surface area contributed by atoms with Crippen molar-refractivity contribution in [2.75, 3.05) is 0 Å². The molecule has 142 valence electrons. The van der Waals surface area contributed by atoms with Crippen LogP contribution in [0.25, 0.3) is 11.1 Å². The molecule has 0 atom stereocenters. The predicted molar refractivity (Wildman–Crippen MR) is 101 cm³/mol. The summed E-state index contributed by atoms with van der Waals surface area (Å²) < 4.78 is 0. The normalized spacial score (nSPS) is 9.71. The highest BCUT2D eigenvalue weighted by atomic mass is 16.4. The minimum atomic E-state index is -0.986. The van der Waals surface area contributed by atoms with Gasteiger partial charge in [0.15, 0.2) is 0 Å². The smallest absolute Gasteiger partial charge is 0.335 e. The van der Waals surface area contributed by atoms with E-state index in [1.165, 1.54) is 48.5 Å². The van der Waals surface area contributed by atoms with Gasteiger partial charge in [0.1, 0.15) is 5.75 Å². The fourth-order valence-corrected chi connectivity index (χ4v) is 2.21. The molecule has 7 heteroatoms. The van der Waals surface area contributed by atoms with Crippen LogP contribution in [-0.4, -0.2) is 38.3 Å². The number of aromatic carboxylic acids is 3. The van der Waals surface area contributed by atoms with Gasteiger partial charge in [-0.1, -0.05) is 24.3 Å². The third kappa shape index (κ3) is 5.43. The number of carboxylic acids is 3. The van der Waals surface area contributed by atoms with Crippen LogP contribution in [0.4, 0.5) is 0 Å². The van der Waals surface area contributed by atoms with E-state index in [-0.39, 0.29) is 22.4 Å². The maximum Gasteiger partial charge on any atom is 0.335 e. The molecule has 7 nitrogen and oxygen atoms in total. The molecule has 28 heavy (non-hydrogen) atoms. The Kier molecular flexibility index (Phi) is 6.49. The monoisotopic (exact) mass is 380 g/mol. The number of aromatic hydroxyl groups is 1. The van der Waals surface area contributed by atoms with Crippen LogP contribution >= 0.6 is 0 Å². The van der Waals surface area contributed by atoms with E-state index < -0.39 is 17.9 Å². The van der Waals surface area contributed by atoms with Crippen molar-refractivity contribution < 1.29 is 34.8 Å². The van der Waals surface area contributed by atoms with Gasteiger partial charge >= 0.3 is 17.9 Å². The number of rotatable bonds is 4. The van der Waals surface area contributed by atoms with Crippen LogP contribution in [0.1, 0.15) is 31.1 Å². The molecule has 0 radical (unpaired) electrons. The molecule has 0 aromatic heterocycles. The van der Waals surface area contributed by atoms with Gasteiger partial charge in [-0.3, -0.25) is 0 Å². The first kappa shape index (κ1) is 20.2. The molecule has 0 saturated carbocycles. The topological polar surface area (TPSA) is 132 Å². The van der Waals surface area contributed by atoms with Crippen molar-refractivity contribution in [2.45, 2.75) is 0 Å². The van der Waals surface area contributed by atoms with E-state index in [9.17, 15) is 14.4 Å². The van der Waals surface area contributed by atoms with Gasteiger partial charge in [0, 0.05) is 0 Å². The van der Waals surface area contributed by atoms with E-state index in [0.29, 0.717) is 0 Å². The molecule has 0 heterocycles. The highest BCUT2D eigenvalue weighted by molar-refractivity contribution is 5.89. The van der Waals surface area contributed by atoms with Crippen LogP contribution < -0.4 is 0 Å². The summed E-state index contributed by atoms with van der Waals surface area (Å²) in [6, 6.07) is 18.2. The number of phenols is 1. The molecular weight excluding hydrogens is 364 g/mol. The van der Waals surface area contributed by atoms with Crippen LogP contribution in [0.5, 0.6) is 5.75 Å². The van der Waals surface area contributed by atoms with Gasteiger partial charge in [-0.05, 0) is 59.7 Å². The molecule has 3 rings (SSSR count).